The van der Waals surface area contributed by atoms with E-state index < -0.39 is 0 Å². The maximum Gasteiger partial charge on any atom is 0.107 e. The van der Waals surface area contributed by atoms with Crippen molar-refractivity contribution in [3.63, 3.8) is 0 Å². The van der Waals surface area contributed by atoms with Crippen molar-refractivity contribution in [1.29, 1.82) is 0 Å². The van der Waals surface area contributed by atoms with Crippen LogP contribution in [0, 0.1) is 0 Å². The Labute approximate surface area is 93.0 Å². The normalized spacial score (nSPS) is 20.9. The van der Waals surface area contributed by atoms with Crippen LogP contribution in [0.3, 0.4) is 0 Å². The molecule has 1 atom stereocenters. The summed E-state index contributed by atoms with van der Waals surface area (Å²) in [5, 5.41) is 7.78. The molecule has 2 rings (SSSR count). The van der Waals surface area contributed by atoms with Crippen molar-refractivity contribution >= 4 is 15.9 Å². The summed E-state index contributed by atoms with van der Waals surface area (Å²) in [5.41, 5.74) is 2.71. The average molecular weight is 258 g/mol. The zero-order valence-corrected chi connectivity index (χ0v) is 10.3. The molecular weight excluding hydrogens is 242 g/mol. The van der Waals surface area contributed by atoms with Crippen LogP contribution in [0.4, 0.5) is 0 Å². The molecule has 14 heavy (non-hydrogen) atoms. The summed E-state index contributed by atoms with van der Waals surface area (Å²) in [6.07, 6.45) is 3.68. The number of fused-ring (bicyclic) bond motifs is 1. The maximum absolute atomic E-state index is 4.53. The number of likely N-dealkylation sites (N-methyl/N-ethyl adjacent to an activating group) is 1. The van der Waals surface area contributed by atoms with Gasteiger partial charge in [0.2, 0.25) is 0 Å². The number of aromatic nitrogens is 2. The van der Waals surface area contributed by atoms with Gasteiger partial charge in [0, 0.05) is 25.1 Å². The number of hydrogen-bond acceptors (Lipinski definition) is 2. The van der Waals surface area contributed by atoms with Crippen LogP contribution in [0.1, 0.15) is 30.0 Å². The van der Waals surface area contributed by atoms with Crippen molar-refractivity contribution in [1.82, 2.24) is 15.1 Å². The molecule has 4 heteroatoms. The van der Waals surface area contributed by atoms with Gasteiger partial charge >= 0.3 is 0 Å². The summed E-state index contributed by atoms with van der Waals surface area (Å²) < 4.78 is 3.10. The van der Waals surface area contributed by atoms with Crippen molar-refractivity contribution in [3.8, 4) is 0 Å². The summed E-state index contributed by atoms with van der Waals surface area (Å²) >= 11 is 3.62. The largest absolute Gasteiger partial charge is 0.319 e. The smallest absolute Gasteiger partial charge is 0.107 e. The summed E-state index contributed by atoms with van der Waals surface area (Å²) in [7, 11) is 4.01. The fourth-order valence-corrected chi connectivity index (χ4v) is 2.90. The molecule has 0 aliphatic heterocycles. The molecule has 0 bridgehead atoms. The van der Waals surface area contributed by atoms with E-state index in [0.717, 1.165) is 17.6 Å². The Morgan fingerprint density at radius 1 is 1.64 bits per heavy atom. The van der Waals surface area contributed by atoms with Gasteiger partial charge in [-0.05, 0) is 42.2 Å². The van der Waals surface area contributed by atoms with Gasteiger partial charge in [-0.15, -0.1) is 0 Å². The molecule has 0 spiro atoms. The van der Waals surface area contributed by atoms with Gasteiger partial charge in [-0.3, -0.25) is 4.68 Å². The van der Waals surface area contributed by atoms with Crippen LogP contribution in [0.15, 0.2) is 4.60 Å². The van der Waals surface area contributed by atoms with Crippen LogP contribution in [-0.4, -0.2) is 23.4 Å². The van der Waals surface area contributed by atoms with E-state index >= 15 is 0 Å². The van der Waals surface area contributed by atoms with Gasteiger partial charge in [-0.1, -0.05) is 0 Å². The number of nitrogens with zero attached hydrogens (tertiary/aromatic N) is 2. The summed E-state index contributed by atoms with van der Waals surface area (Å²) in [4.78, 5) is 0. The first-order chi connectivity index (χ1) is 6.74. The Morgan fingerprint density at radius 2 is 2.43 bits per heavy atom. The summed E-state index contributed by atoms with van der Waals surface area (Å²) in [6, 6.07) is 0. The SMILES string of the molecule is CNCC1CCCc2nn(C)c(Br)c21. The minimum absolute atomic E-state index is 0.631. The van der Waals surface area contributed by atoms with Crippen molar-refractivity contribution in [2.75, 3.05) is 13.6 Å². The van der Waals surface area contributed by atoms with Crippen LogP contribution in [-0.2, 0) is 13.5 Å². The van der Waals surface area contributed by atoms with Gasteiger partial charge in [0.25, 0.3) is 0 Å². The first-order valence-electron chi connectivity index (χ1n) is 5.10. The molecule has 78 valence electrons. The van der Waals surface area contributed by atoms with E-state index in [4.69, 9.17) is 0 Å². The molecule has 3 nitrogen and oxygen atoms in total. The molecule has 0 radical (unpaired) electrons. The average Bonchev–Trinajstić information content (AvgIpc) is 2.45. The molecule has 1 aliphatic carbocycles. The van der Waals surface area contributed by atoms with Crippen LogP contribution < -0.4 is 5.32 Å². The van der Waals surface area contributed by atoms with E-state index in [1.54, 1.807) is 0 Å². The number of halogens is 1. The highest BCUT2D eigenvalue weighted by Crippen LogP contribution is 2.35. The second-order valence-corrected chi connectivity index (χ2v) is 4.67. The van der Waals surface area contributed by atoms with Crippen LogP contribution >= 0.6 is 15.9 Å². The minimum Gasteiger partial charge on any atom is -0.319 e. The van der Waals surface area contributed by atoms with E-state index in [9.17, 15) is 0 Å². The van der Waals surface area contributed by atoms with Gasteiger partial charge in [-0.2, -0.15) is 5.10 Å². The predicted octanol–water partition coefficient (Wildman–Crippen LogP) is 1.82. The second kappa shape index (κ2) is 4.03. The Kier molecular flexibility index (Phi) is 2.93. The van der Waals surface area contributed by atoms with E-state index in [1.165, 1.54) is 24.1 Å². The highest BCUT2D eigenvalue weighted by Gasteiger charge is 2.25. The van der Waals surface area contributed by atoms with Crippen molar-refractivity contribution in [3.05, 3.63) is 15.9 Å². The van der Waals surface area contributed by atoms with Gasteiger partial charge in [0.1, 0.15) is 4.60 Å². The third kappa shape index (κ3) is 1.61. The lowest BCUT2D eigenvalue weighted by molar-refractivity contribution is 0.525. The first kappa shape index (κ1) is 10.2. The molecule has 1 aromatic rings. The molecule has 0 amide bonds. The molecule has 0 aromatic carbocycles. The fraction of sp³-hybridized carbons (Fsp3) is 0.700. The summed E-state index contributed by atoms with van der Waals surface area (Å²) in [6.45, 7) is 1.05. The standard InChI is InChI=1S/C10H16BrN3/c1-12-6-7-4-3-5-8-9(7)10(11)14(2)13-8/h7,12H,3-6H2,1-2H3. The number of aryl methyl sites for hydroxylation is 2. The van der Waals surface area contributed by atoms with Crippen molar-refractivity contribution in [2.45, 2.75) is 25.2 Å². The summed E-state index contributed by atoms with van der Waals surface area (Å²) in [5.74, 6) is 0.631. The lowest BCUT2D eigenvalue weighted by atomic mass is 9.87. The fourth-order valence-electron chi connectivity index (χ4n) is 2.27. The number of hydrogen-bond donors (Lipinski definition) is 1. The Hall–Kier alpha value is -0.350. The zero-order valence-electron chi connectivity index (χ0n) is 8.68. The quantitative estimate of drug-likeness (QED) is 0.877. The molecule has 0 fully saturated rings. The van der Waals surface area contributed by atoms with Crippen LogP contribution in [0.5, 0.6) is 0 Å². The van der Waals surface area contributed by atoms with Crippen molar-refractivity contribution < 1.29 is 0 Å². The van der Waals surface area contributed by atoms with Gasteiger partial charge in [0.05, 0.1) is 5.69 Å². The Balaban J connectivity index is 2.36. The second-order valence-electron chi connectivity index (χ2n) is 3.92. The number of rotatable bonds is 2. The lowest BCUT2D eigenvalue weighted by Crippen LogP contribution is -2.20. The Bertz CT molecular complexity index is 332. The molecule has 1 unspecified atom stereocenters. The van der Waals surface area contributed by atoms with Crippen LogP contribution in [0.25, 0.3) is 0 Å². The van der Waals surface area contributed by atoms with Crippen molar-refractivity contribution in [2.24, 2.45) is 7.05 Å². The van der Waals surface area contributed by atoms with E-state index in [-0.39, 0.29) is 0 Å². The van der Waals surface area contributed by atoms with E-state index in [2.05, 4.69) is 26.3 Å². The van der Waals surface area contributed by atoms with E-state index in [0.29, 0.717) is 5.92 Å². The molecule has 1 heterocycles. The zero-order chi connectivity index (χ0) is 10.1. The third-order valence-electron chi connectivity index (χ3n) is 2.91. The van der Waals surface area contributed by atoms with Crippen LogP contribution in [0.2, 0.25) is 0 Å². The molecule has 1 aliphatic rings. The predicted molar refractivity (Wildman–Crippen MR) is 60.5 cm³/mol. The molecule has 0 saturated heterocycles. The highest BCUT2D eigenvalue weighted by atomic mass is 79.9. The molecule has 1 aromatic heterocycles. The van der Waals surface area contributed by atoms with Gasteiger partial charge in [-0.25, -0.2) is 0 Å². The Morgan fingerprint density at radius 3 is 3.14 bits per heavy atom. The molecule has 0 saturated carbocycles. The number of nitrogens with one attached hydrogen (secondary N) is 1. The minimum atomic E-state index is 0.631. The van der Waals surface area contributed by atoms with E-state index in [1.807, 2.05) is 18.8 Å². The molecule has 1 N–H and O–H groups in total. The molecular formula is C10H16BrN3. The maximum atomic E-state index is 4.53. The first-order valence-corrected chi connectivity index (χ1v) is 5.89. The topological polar surface area (TPSA) is 29.9 Å². The van der Waals surface area contributed by atoms with Gasteiger partial charge < -0.3 is 5.32 Å². The third-order valence-corrected chi connectivity index (χ3v) is 3.85. The van der Waals surface area contributed by atoms with Gasteiger partial charge in [0.15, 0.2) is 0 Å². The highest BCUT2D eigenvalue weighted by molar-refractivity contribution is 9.10. The monoisotopic (exact) mass is 257 g/mol. The lowest BCUT2D eigenvalue weighted by Gasteiger charge is -2.21.